The van der Waals surface area contributed by atoms with Crippen molar-refractivity contribution in [3.8, 4) is 6.07 Å². The van der Waals surface area contributed by atoms with E-state index in [2.05, 4.69) is 4.72 Å². The number of rotatable bonds is 7. The van der Waals surface area contributed by atoms with E-state index in [4.69, 9.17) is 10.4 Å². The lowest BCUT2D eigenvalue weighted by Gasteiger charge is -2.11. The third-order valence-electron chi connectivity index (χ3n) is 2.59. The van der Waals surface area contributed by atoms with Gasteiger partial charge in [0.15, 0.2) is 0 Å². The standard InChI is InChI=1S/C13H16N2O4S/c1-10(5-13(16)17)8-15-20(18,19)9-12-4-2-3-11(6-12)7-14/h2-4,6,10,15H,5,8-9H2,1H3,(H,16,17). The van der Waals surface area contributed by atoms with Gasteiger partial charge in [-0.15, -0.1) is 0 Å². The van der Waals surface area contributed by atoms with Crippen LogP contribution in [0.2, 0.25) is 0 Å². The zero-order chi connectivity index (χ0) is 15.2. The molecule has 0 fully saturated rings. The number of nitriles is 1. The molecule has 0 saturated carbocycles. The minimum absolute atomic E-state index is 0.0760. The van der Waals surface area contributed by atoms with Gasteiger partial charge in [-0.1, -0.05) is 19.1 Å². The van der Waals surface area contributed by atoms with E-state index in [1.165, 1.54) is 6.07 Å². The number of benzene rings is 1. The first kappa shape index (κ1) is 16.1. The molecule has 1 aromatic rings. The number of nitrogens with one attached hydrogen (secondary N) is 1. The Labute approximate surface area is 118 Å². The quantitative estimate of drug-likeness (QED) is 0.783. The molecule has 0 saturated heterocycles. The summed E-state index contributed by atoms with van der Waals surface area (Å²) in [6, 6.07) is 8.30. The second-order valence-electron chi connectivity index (χ2n) is 4.62. The molecule has 6 nitrogen and oxygen atoms in total. The van der Waals surface area contributed by atoms with Crippen molar-refractivity contribution in [2.75, 3.05) is 6.54 Å². The summed E-state index contributed by atoms with van der Waals surface area (Å²) >= 11 is 0. The molecule has 0 bridgehead atoms. The van der Waals surface area contributed by atoms with Crippen LogP contribution >= 0.6 is 0 Å². The third-order valence-corrected chi connectivity index (χ3v) is 3.91. The molecule has 0 radical (unpaired) electrons. The summed E-state index contributed by atoms with van der Waals surface area (Å²) in [4.78, 5) is 10.5. The van der Waals surface area contributed by atoms with Crippen molar-refractivity contribution in [3.05, 3.63) is 35.4 Å². The van der Waals surface area contributed by atoms with Gasteiger partial charge in [0.25, 0.3) is 0 Å². The fraction of sp³-hybridized carbons (Fsp3) is 0.385. The molecule has 1 aromatic carbocycles. The van der Waals surface area contributed by atoms with E-state index >= 15 is 0 Å². The van der Waals surface area contributed by atoms with Gasteiger partial charge in [0.1, 0.15) is 0 Å². The van der Waals surface area contributed by atoms with Crippen LogP contribution in [0.25, 0.3) is 0 Å². The summed E-state index contributed by atoms with van der Waals surface area (Å²) in [6.07, 6.45) is -0.0908. The van der Waals surface area contributed by atoms with E-state index in [9.17, 15) is 13.2 Å². The monoisotopic (exact) mass is 296 g/mol. The SMILES string of the molecule is CC(CNS(=O)(=O)Cc1cccc(C#N)c1)CC(=O)O. The normalized spacial score (nSPS) is 12.6. The Bertz CT molecular complexity index is 620. The highest BCUT2D eigenvalue weighted by Gasteiger charge is 2.15. The molecule has 1 atom stereocenters. The zero-order valence-corrected chi connectivity index (χ0v) is 11.9. The molecule has 108 valence electrons. The average Bonchev–Trinajstić information content (AvgIpc) is 2.35. The van der Waals surface area contributed by atoms with Crippen molar-refractivity contribution in [1.29, 1.82) is 5.26 Å². The summed E-state index contributed by atoms with van der Waals surface area (Å²) < 4.78 is 26.1. The van der Waals surface area contributed by atoms with Gasteiger partial charge < -0.3 is 5.11 Å². The number of carboxylic acid groups (broad SMARTS) is 1. The molecule has 0 heterocycles. The van der Waals surface area contributed by atoms with Gasteiger partial charge in [-0.3, -0.25) is 4.79 Å². The van der Waals surface area contributed by atoms with E-state index in [1.54, 1.807) is 25.1 Å². The molecule has 7 heteroatoms. The number of aliphatic carboxylic acids is 1. The minimum atomic E-state index is -3.54. The van der Waals surface area contributed by atoms with Gasteiger partial charge in [-0.25, -0.2) is 13.1 Å². The summed E-state index contributed by atoms with van der Waals surface area (Å²) in [5.74, 6) is -1.48. The Morgan fingerprint density at radius 2 is 2.20 bits per heavy atom. The number of carboxylic acids is 1. The molecule has 2 N–H and O–H groups in total. The first-order chi connectivity index (χ1) is 9.32. The maximum Gasteiger partial charge on any atom is 0.303 e. The number of nitrogens with zero attached hydrogens (tertiary/aromatic N) is 1. The predicted molar refractivity (Wildman–Crippen MR) is 73.2 cm³/mol. The van der Waals surface area contributed by atoms with Crippen LogP contribution in [0, 0.1) is 17.2 Å². The van der Waals surface area contributed by atoms with Crippen molar-refractivity contribution in [1.82, 2.24) is 4.72 Å². The van der Waals surface area contributed by atoms with Gasteiger partial charge in [-0.2, -0.15) is 5.26 Å². The second-order valence-corrected chi connectivity index (χ2v) is 6.43. The Morgan fingerprint density at radius 1 is 1.50 bits per heavy atom. The van der Waals surface area contributed by atoms with Crippen LogP contribution in [-0.2, 0) is 20.6 Å². The highest BCUT2D eigenvalue weighted by Crippen LogP contribution is 2.08. The van der Waals surface area contributed by atoms with Crippen LogP contribution in [0.4, 0.5) is 0 Å². The van der Waals surface area contributed by atoms with Crippen LogP contribution in [0.15, 0.2) is 24.3 Å². The molecular formula is C13H16N2O4S. The Hall–Kier alpha value is -1.91. The average molecular weight is 296 g/mol. The zero-order valence-electron chi connectivity index (χ0n) is 11.0. The summed E-state index contributed by atoms with van der Waals surface area (Å²) in [5, 5.41) is 17.3. The number of hydrogen-bond donors (Lipinski definition) is 2. The second kappa shape index (κ2) is 7.03. The lowest BCUT2D eigenvalue weighted by molar-refractivity contribution is -0.137. The number of carbonyl (C=O) groups is 1. The molecule has 0 spiro atoms. The van der Waals surface area contributed by atoms with Gasteiger partial charge in [0.05, 0.1) is 17.4 Å². The molecule has 20 heavy (non-hydrogen) atoms. The van der Waals surface area contributed by atoms with Crippen LogP contribution in [0.5, 0.6) is 0 Å². The van der Waals surface area contributed by atoms with Gasteiger partial charge in [0.2, 0.25) is 10.0 Å². The van der Waals surface area contributed by atoms with Gasteiger partial charge in [0, 0.05) is 13.0 Å². The van der Waals surface area contributed by atoms with Crippen molar-refractivity contribution < 1.29 is 18.3 Å². The van der Waals surface area contributed by atoms with E-state index < -0.39 is 16.0 Å². The van der Waals surface area contributed by atoms with E-state index in [0.717, 1.165) is 0 Å². The van der Waals surface area contributed by atoms with Crippen molar-refractivity contribution in [3.63, 3.8) is 0 Å². The Morgan fingerprint density at radius 3 is 2.80 bits per heavy atom. The van der Waals surface area contributed by atoms with Gasteiger partial charge >= 0.3 is 5.97 Å². The molecule has 0 aliphatic rings. The van der Waals surface area contributed by atoms with E-state index in [-0.39, 0.29) is 24.6 Å². The summed E-state index contributed by atoms with van der Waals surface area (Å²) in [5.41, 5.74) is 0.916. The molecule has 1 rings (SSSR count). The topological polar surface area (TPSA) is 107 Å². The fourth-order valence-corrected chi connectivity index (χ4v) is 2.90. The summed E-state index contributed by atoms with van der Waals surface area (Å²) in [7, 11) is -3.54. The molecule has 0 aromatic heterocycles. The van der Waals surface area contributed by atoms with E-state index in [0.29, 0.717) is 11.1 Å². The minimum Gasteiger partial charge on any atom is -0.481 e. The van der Waals surface area contributed by atoms with Crippen LogP contribution in [-0.4, -0.2) is 26.0 Å². The predicted octanol–water partition coefficient (Wildman–Crippen LogP) is 1.09. The number of sulfonamides is 1. The maximum absolute atomic E-state index is 11.8. The molecule has 0 aliphatic carbocycles. The van der Waals surface area contributed by atoms with Crippen LogP contribution in [0.1, 0.15) is 24.5 Å². The maximum atomic E-state index is 11.8. The molecule has 1 unspecified atom stereocenters. The number of hydrogen-bond acceptors (Lipinski definition) is 4. The fourth-order valence-electron chi connectivity index (χ4n) is 1.64. The summed E-state index contributed by atoms with van der Waals surface area (Å²) in [6.45, 7) is 1.74. The van der Waals surface area contributed by atoms with Crippen molar-refractivity contribution in [2.45, 2.75) is 19.1 Å². The molecular weight excluding hydrogens is 280 g/mol. The first-order valence-electron chi connectivity index (χ1n) is 6.00. The van der Waals surface area contributed by atoms with Gasteiger partial charge in [-0.05, 0) is 23.6 Å². The Balaban J connectivity index is 2.61. The molecule has 0 aliphatic heterocycles. The smallest absolute Gasteiger partial charge is 0.303 e. The highest BCUT2D eigenvalue weighted by atomic mass is 32.2. The van der Waals surface area contributed by atoms with E-state index in [1.807, 2.05) is 6.07 Å². The van der Waals surface area contributed by atoms with Crippen molar-refractivity contribution >= 4 is 16.0 Å². The lowest BCUT2D eigenvalue weighted by atomic mass is 10.1. The third kappa shape index (κ3) is 5.82. The largest absolute Gasteiger partial charge is 0.481 e. The van der Waals surface area contributed by atoms with Crippen LogP contribution < -0.4 is 4.72 Å². The first-order valence-corrected chi connectivity index (χ1v) is 7.66. The highest BCUT2D eigenvalue weighted by molar-refractivity contribution is 7.88. The van der Waals surface area contributed by atoms with Crippen molar-refractivity contribution in [2.24, 2.45) is 5.92 Å². The molecule has 0 amide bonds. The lowest BCUT2D eigenvalue weighted by Crippen LogP contribution is -2.30. The Kier molecular flexibility index (Phi) is 5.67. The van der Waals surface area contributed by atoms with Crippen LogP contribution in [0.3, 0.4) is 0 Å².